The summed E-state index contributed by atoms with van der Waals surface area (Å²) in [5.74, 6) is 0.764. The summed E-state index contributed by atoms with van der Waals surface area (Å²) >= 11 is 8.30. The summed E-state index contributed by atoms with van der Waals surface area (Å²) in [6, 6.07) is 5.36. The van der Waals surface area contributed by atoms with Gasteiger partial charge in [-0.2, -0.15) is 5.10 Å². The monoisotopic (exact) mass is 524 g/mol. The fourth-order valence-corrected chi connectivity index (χ4v) is 5.59. The lowest BCUT2D eigenvalue weighted by Crippen LogP contribution is -2.39. The van der Waals surface area contributed by atoms with Crippen LogP contribution in [0.15, 0.2) is 29.8 Å². The zero-order valence-corrected chi connectivity index (χ0v) is 22.4. The summed E-state index contributed by atoms with van der Waals surface area (Å²) in [4.78, 5) is 28.7. The standard InChI is InChI=1S/C26H29ClN6O2S/c1-15-29-17(14-36-15)11-16-6-9-33(10-7-16)24(34)18-12-19-22(13-20(18)27)32(4)31-23(19)21-5-8-28-25(30-21)26(2,3)35/h5,8,12-14,16,35H,6-7,9-11H2,1-4H3. The van der Waals surface area contributed by atoms with E-state index in [0.717, 1.165) is 40.9 Å². The molecule has 1 aliphatic rings. The molecule has 0 spiro atoms. The van der Waals surface area contributed by atoms with Crippen LogP contribution in [0, 0.1) is 12.8 Å². The molecule has 5 rings (SSSR count). The van der Waals surface area contributed by atoms with E-state index in [1.54, 1.807) is 48.2 Å². The highest BCUT2D eigenvalue weighted by atomic mass is 35.5. The van der Waals surface area contributed by atoms with Crippen molar-refractivity contribution in [1.82, 2.24) is 29.6 Å². The minimum atomic E-state index is -1.19. The number of carbonyl (C=O) groups is 1. The van der Waals surface area contributed by atoms with Crippen LogP contribution in [0.5, 0.6) is 0 Å². The maximum atomic E-state index is 13.5. The van der Waals surface area contributed by atoms with Crippen molar-refractivity contribution in [2.24, 2.45) is 13.0 Å². The van der Waals surface area contributed by atoms with E-state index in [9.17, 15) is 9.90 Å². The third-order valence-corrected chi connectivity index (χ3v) is 7.82. The number of rotatable bonds is 5. The van der Waals surface area contributed by atoms with Crippen LogP contribution in [0.1, 0.15) is 53.6 Å². The van der Waals surface area contributed by atoms with Gasteiger partial charge in [0, 0.05) is 37.1 Å². The second-order valence-electron chi connectivity index (χ2n) is 9.94. The maximum Gasteiger partial charge on any atom is 0.255 e. The summed E-state index contributed by atoms with van der Waals surface area (Å²) in [7, 11) is 1.83. The third kappa shape index (κ3) is 4.87. The molecule has 36 heavy (non-hydrogen) atoms. The van der Waals surface area contributed by atoms with Gasteiger partial charge in [0.2, 0.25) is 0 Å². The first-order chi connectivity index (χ1) is 17.1. The Hall–Kier alpha value is -2.88. The number of hydrogen-bond acceptors (Lipinski definition) is 7. The second-order valence-corrected chi connectivity index (χ2v) is 11.4. The number of likely N-dealkylation sites (tertiary alicyclic amines) is 1. The molecule has 1 saturated heterocycles. The molecule has 0 saturated carbocycles. The lowest BCUT2D eigenvalue weighted by Gasteiger charge is -2.32. The molecular formula is C26H29ClN6O2S. The first-order valence-corrected chi connectivity index (χ1v) is 13.3. The van der Waals surface area contributed by atoms with Crippen LogP contribution in [-0.2, 0) is 19.1 Å². The number of nitrogens with zero attached hydrogens (tertiary/aromatic N) is 6. The number of amides is 1. The molecular weight excluding hydrogens is 496 g/mol. The van der Waals surface area contributed by atoms with Crippen molar-refractivity contribution < 1.29 is 9.90 Å². The zero-order chi connectivity index (χ0) is 25.6. The largest absolute Gasteiger partial charge is 0.382 e. The number of piperidine rings is 1. The predicted octanol–water partition coefficient (Wildman–Crippen LogP) is 4.77. The number of hydrogen-bond donors (Lipinski definition) is 1. The first kappa shape index (κ1) is 24.8. The molecule has 0 aliphatic carbocycles. The van der Waals surface area contributed by atoms with E-state index in [2.05, 4.69) is 25.4 Å². The van der Waals surface area contributed by atoms with Crippen molar-refractivity contribution in [3.05, 3.63) is 56.9 Å². The minimum absolute atomic E-state index is 0.0699. The van der Waals surface area contributed by atoms with E-state index in [4.69, 9.17) is 11.6 Å². The number of fused-ring (bicyclic) bond motifs is 1. The Morgan fingerprint density at radius 3 is 2.67 bits per heavy atom. The molecule has 1 aliphatic heterocycles. The lowest BCUT2D eigenvalue weighted by atomic mass is 9.92. The van der Waals surface area contributed by atoms with Gasteiger partial charge in [0.05, 0.1) is 32.5 Å². The van der Waals surface area contributed by atoms with Crippen LogP contribution in [0.2, 0.25) is 5.02 Å². The molecule has 4 heterocycles. The van der Waals surface area contributed by atoms with Gasteiger partial charge < -0.3 is 10.0 Å². The Labute approximate surface area is 219 Å². The molecule has 0 atom stereocenters. The van der Waals surface area contributed by atoms with Crippen LogP contribution in [0.4, 0.5) is 0 Å². The molecule has 1 amide bonds. The average molecular weight is 525 g/mol. The molecule has 4 aromatic rings. The number of aryl methyl sites for hydroxylation is 2. The first-order valence-electron chi connectivity index (χ1n) is 12.0. The van der Waals surface area contributed by atoms with Gasteiger partial charge in [0.1, 0.15) is 11.3 Å². The fourth-order valence-electron chi connectivity index (χ4n) is 4.72. The molecule has 0 unspecified atom stereocenters. The van der Waals surface area contributed by atoms with Crippen LogP contribution < -0.4 is 0 Å². The van der Waals surface area contributed by atoms with Gasteiger partial charge in [-0.1, -0.05) is 11.6 Å². The van der Waals surface area contributed by atoms with Gasteiger partial charge in [-0.05, 0) is 64.2 Å². The van der Waals surface area contributed by atoms with E-state index < -0.39 is 5.60 Å². The summed E-state index contributed by atoms with van der Waals surface area (Å²) < 4.78 is 1.72. The summed E-state index contributed by atoms with van der Waals surface area (Å²) in [6.07, 6.45) is 4.46. The zero-order valence-electron chi connectivity index (χ0n) is 20.8. The number of thiazole rings is 1. The van der Waals surface area contributed by atoms with Crippen molar-refractivity contribution in [3.63, 3.8) is 0 Å². The van der Waals surface area contributed by atoms with E-state index in [-0.39, 0.29) is 5.91 Å². The highest BCUT2D eigenvalue weighted by Crippen LogP contribution is 2.33. The van der Waals surface area contributed by atoms with Crippen molar-refractivity contribution >= 4 is 39.7 Å². The van der Waals surface area contributed by atoms with Gasteiger partial charge in [-0.3, -0.25) is 9.48 Å². The second kappa shape index (κ2) is 9.53. The molecule has 0 bridgehead atoms. The van der Waals surface area contributed by atoms with E-state index in [0.29, 0.717) is 46.8 Å². The van der Waals surface area contributed by atoms with Gasteiger partial charge >= 0.3 is 0 Å². The van der Waals surface area contributed by atoms with Gasteiger partial charge in [-0.25, -0.2) is 15.0 Å². The Morgan fingerprint density at radius 2 is 2.00 bits per heavy atom. The quantitative estimate of drug-likeness (QED) is 0.404. The Kier molecular flexibility index (Phi) is 6.57. The van der Waals surface area contributed by atoms with Crippen LogP contribution in [0.3, 0.4) is 0 Å². The Morgan fingerprint density at radius 1 is 1.25 bits per heavy atom. The van der Waals surface area contributed by atoms with Crippen LogP contribution in [-0.4, -0.2) is 53.7 Å². The van der Waals surface area contributed by atoms with E-state index in [1.165, 1.54) is 0 Å². The number of halogens is 1. The van der Waals surface area contributed by atoms with Gasteiger partial charge in [-0.15, -0.1) is 11.3 Å². The van der Waals surface area contributed by atoms with Crippen LogP contribution >= 0.6 is 22.9 Å². The number of aromatic nitrogens is 5. The number of aliphatic hydroxyl groups is 1. The molecule has 10 heteroatoms. The minimum Gasteiger partial charge on any atom is -0.382 e. The molecule has 1 N–H and O–H groups in total. The summed E-state index contributed by atoms with van der Waals surface area (Å²) in [6.45, 7) is 6.70. The molecule has 3 aromatic heterocycles. The van der Waals surface area contributed by atoms with Crippen molar-refractivity contribution in [2.75, 3.05) is 13.1 Å². The van der Waals surface area contributed by atoms with Gasteiger partial charge in [0.15, 0.2) is 5.82 Å². The van der Waals surface area contributed by atoms with Gasteiger partial charge in [0.25, 0.3) is 5.91 Å². The topological polar surface area (TPSA) is 97.0 Å². The fraction of sp³-hybridized carbons (Fsp3) is 0.423. The van der Waals surface area contributed by atoms with Crippen LogP contribution in [0.25, 0.3) is 22.3 Å². The molecule has 0 radical (unpaired) electrons. The van der Waals surface area contributed by atoms with E-state index >= 15 is 0 Å². The lowest BCUT2D eigenvalue weighted by molar-refractivity contribution is 0.0683. The number of carbonyl (C=O) groups excluding carboxylic acids is 1. The average Bonchev–Trinajstić information content (AvgIpc) is 3.40. The SMILES string of the molecule is Cc1nc(CC2CCN(C(=O)c3cc4c(-c5ccnc(C(C)(C)O)n5)nn(C)c4cc3Cl)CC2)cs1. The number of benzene rings is 1. The molecule has 188 valence electrons. The summed E-state index contributed by atoms with van der Waals surface area (Å²) in [5, 5.41) is 19.4. The van der Waals surface area contributed by atoms with Crippen molar-refractivity contribution in [1.29, 1.82) is 0 Å². The highest BCUT2D eigenvalue weighted by Gasteiger charge is 2.27. The highest BCUT2D eigenvalue weighted by molar-refractivity contribution is 7.09. The Balaban J connectivity index is 1.40. The Bertz CT molecular complexity index is 1430. The smallest absolute Gasteiger partial charge is 0.255 e. The predicted molar refractivity (Wildman–Crippen MR) is 141 cm³/mol. The van der Waals surface area contributed by atoms with Crippen molar-refractivity contribution in [3.8, 4) is 11.4 Å². The van der Waals surface area contributed by atoms with Crippen molar-refractivity contribution in [2.45, 2.75) is 45.6 Å². The third-order valence-electron chi connectivity index (χ3n) is 6.68. The normalized spacial score (nSPS) is 15.1. The van der Waals surface area contributed by atoms with E-state index in [1.807, 2.05) is 24.9 Å². The molecule has 1 aromatic carbocycles. The maximum absolute atomic E-state index is 13.5. The summed E-state index contributed by atoms with van der Waals surface area (Å²) in [5.41, 5.74) is 2.42. The molecule has 1 fully saturated rings. The molecule has 8 nitrogen and oxygen atoms in total.